The number of carbonyl (C=O) groups is 4. The van der Waals surface area contributed by atoms with Crippen molar-refractivity contribution in [1.82, 2.24) is 10.2 Å². The number of amides is 5. The van der Waals surface area contributed by atoms with Gasteiger partial charge >= 0.3 is 6.03 Å². The molecule has 0 unspecified atom stereocenters. The van der Waals surface area contributed by atoms with E-state index in [0.29, 0.717) is 41.3 Å². The minimum absolute atomic E-state index is 0.00599. The first-order chi connectivity index (χ1) is 17.2. The van der Waals surface area contributed by atoms with Crippen molar-refractivity contribution in [1.29, 1.82) is 0 Å². The Labute approximate surface area is 208 Å². The van der Waals surface area contributed by atoms with Crippen LogP contribution in [0, 0.1) is 0 Å². The SMILES string of the molecule is CCc1ccc(N2C(=O)NC(=O)C(=Cc3c(CCN(C)C(C)=O)cc4c(c3OC)OCO4)C2=O)cc1. The van der Waals surface area contributed by atoms with Gasteiger partial charge in [-0.05, 0) is 48.2 Å². The third-order valence-electron chi connectivity index (χ3n) is 6.19. The summed E-state index contributed by atoms with van der Waals surface area (Å²) < 4.78 is 16.7. The molecule has 5 amide bonds. The molecule has 10 nitrogen and oxygen atoms in total. The Kier molecular flexibility index (Phi) is 6.96. The van der Waals surface area contributed by atoms with Gasteiger partial charge in [0.05, 0.1) is 12.8 Å². The number of hydrogen-bond acceptors (Lipinski definition) is 7. The number of anilines is 1. The van der Waals surface area contributed by atoms with Gasteiger partial charge in [-0.1, -0.05) is 19.1 Å². The molecule has 0 bridgehead atoms. The van der Waals surface area contributed by atoms with E-state index < -0.39 is 17.8 Å². The Morgan fingerprint density at radius 2 is 1.92 bits per heavy atom. The van der Waals surface area contributed by atoms with Crippen molar-refractivity contribution in [3.05, 3.63) is 52.6 Å². The number of ether oxygens (including phenoxy) is 3. The number of aryl methyl sites for hydroxylation is 1. The maximum atomic E-state index is 13.4. The van der Waals surface area contributed by atoms with Gasteiger partial charge in [-0.25, -0.2) is 9.69 Å². The standard InChI is InChI=1S/C26H27N3O7/c1-5-16-6-8-18(9-7-16)29-25(32)20(24(31)27-26(29)33)13-19-17(10-11-28(3)15(2)30)12-21-23(22(19)34-4)36-14-35-21/h6-9,12-13H,5,10-11,14H2,1-4H3,(H,27,31,33). The predicted molar refractivity (Wildman–Crippen MR) is 131 cm³/mol. The molecule has 0 radical (unpaired) electrons. The van der Waals surface area contributed by atoms with Gasteiger partial charge in [0.1, 0.15) is 5.57 Å². The van der Waals surface area contributed by atoms with Gasteiger partial charge in [0.25, 0.3) is 11.8 Å². The number of likely N-dealkylation sites (N-methyl/N-ethyl adjacent to an activating group) is 1. The topological polar surface area (TPSA) is 114 Å². The van der Waals surface area contributed by atoms with Crippen LogP contribution in [0.1, 0.15) is 30.5 Å². The maximum absolute atomic E-state index is 13.4. The fourth-order valence-corrected chi connectivity index (χ4v) is 4.01. The Bertz CT molecular complexity index is 1270. The first kappa shape index (κ1) is 24.8. The van der Waals surface area contributed by atoms with Crippen LogP contribution in [0.2, 0.25) is 0 Å². The second-order valence-corrected chi connectivity index (χ2v) is 8.38. The quantitative estimate of drug-likeness (QED) is 0.466. The summed E-state index contributed by atoms with van der Waals surface area (Å²) in [6, 6.07) is 7.87. The lowest BCUT2D eigenvalue weighted by molar-refractivity contribution is -0.127. The third kappa shape index (κ3) is 4.61. The highest BCUT2D eigenvalue weighted by Gasteiger charge is 2.37. The van der Waals surface area contributed by atoms with Crippen LogP contribution in [0.5, 0.6) is 17.2 Å². The van der Waals surface area contributed by atoms with Crippen LogP contribution >= 0.6 is 0 Å². The number of nitrogens with one attached hydrogen (secondary N) is 1. The van der Waals surface area contributed by atoms with Crippen molar-refractivity contribution in [2.45, 2.75) is 26.7 Å². The highest BCUT2D eigenvalue weighted by Crippen LogP contribution is 2.46. The van der Waals surface area contributed by atoms with Gasteiger partial charge in [0, 0.05) is 26.1 Å². The number of methoxy groups -OCH3 is 1. The molecule has 2 aliphatic heterocycles. The Morgan fingerprint density at radius 1 is 1.19 bits per heavy atom. The molecular formula is C26H27N3O7. The normalized spacial score (nSPS) is 15.8. The molecule has 36 heavy (non-hydrogen) atoms. The molecule has 0 aliphatic carbocycles. The number of hydrogen-bond donors (Lipinski definition) is 1. The van der Waals surface area contributed by atoms with E-state index in [1.807, 2.05) is 19.1 Å². The molecule has 2 aliphatic rings. The minimum atomic E-state index is -0.827. The zero-order valence-corrected chi connectivity index (χ0v) is 20.5. The van der Waals surface area contributed by atoms with Crippen molar-refractivity contribution in [2.24, 2.45) is 0 Å². The van der Waals surface area contributed by atoms with Crippen molar-refractivity contribution in [3.8, 4) is 17.2 Å². The molecule has 10 heteroatoms. The van der Waals surface area contributed by atoms with Crippen molar-refractivity contribution in [3.63, 3.8) is 0 Å². The van der Waals surface area contributed by atoms with E-state index in [4.69, 9.17) is 14.2 Å². The molecular weight excluding hydrogens is 466 g/mol. The summed E-state index contributed by atoms with van der Waals surface area (Å²) in [4.78, 5) is 53.0. The molecule has 2 aromatic rings. The highest BCUT2D eigenvalue weighted by molar-refractivity contribution is 6.39. The number of imide groups is 2. The number of fused-ring (bicyclic) bond motifs is 1. The summed E-state index contributed by atoms with van der Waals surface area (Å²) >= 11 is 0. The van der Waals surface area contributed by atoms with Crippen LogP contribution in [0.15, 0.2) is 35.9 Å². The van der Waals surface area contributed by atoms with Crippen LogP contribution in [-0.2, 0) is 27.2 Å². The smallest absolute Gasteiger partial charge is 0.335 e. The lowest BCUT2D eigenvalue weighted by Gasteiger charge is -2.27. The molecule has 4 rings (SSSR count). The number of carbonyl (C=O) groups excluding carboxylic acids is 4. The predicted octanol–water partition coefficient (Wildman–Crippen LogP) is 2.67. The van der Waals surface area contributed by atoms with Crippen LogP contribution in [0.4, 0.5) is 10.5 Å². The van der Waals surface area contributed by atoms with Gasteiger partial charge < -0.3 is 19.1 Å². The van der Waals surface area contributed by atoms with Crippen LogP contribution < -0.4 is 24.4 Å². The number of rotatable bonds is 7. The number of nitrogens with zero attached hydrogens (tertiary/aromatic N) is 2. The molecule has 1 N–H and O–H groups in total. The van der Waals surface area contributed by atoms with E-state index in [-0.39, 0.29) is 24.0 Å². The third-order valence-corrected chi connectivity index (χ3v) is 6.19. The van der Waals surface area contributed by atoms with Gasteiger partial charge in [0.15, 0.2) is 11.5 Å². The molecule has 0 aromatic heterocycles. The van der Waals surface area contributed by atoms with E-state index in [0.717, 1.165) is 16.9 Å². The molecule has 2 heterocycles. The summed E-state index contributed by atoms with van der Waals surface area (Å²) in [7, 11) is 3.12. The summed E-state index contributed by atoms with van der Waals surface area (Å²) in [5, 5.41) is 2.24. The summed E-state index contributed by atoms with van der Waals surface area (Å²) in [6.45, 7) is 3.83. The fraction of sp³-hybridized carbons (Fsp3) is 0.308. The molecule has 0 spiro atoms. The van der Waals surface area contributed by atoms with Gasteiger partial charge in [0.2, 0.25) is 18.4 Å². The molecule has 1 fully saturated rings. The lowest BCUT2D eigenvalue weighted by atomic mass is 9.97. The maximum Gasteiger partial charge on any atom is 0.335 e. The van der Waals surface area contributed by atoms with Crippen molar-refractivity contribution in [2.75, 3.05) is 32.4 Å². The average molecular weight is 494 g/mol. The zero-order valence-electron chi connectivity index (χ0n) is 20.5. The molecule has 188 valence electrons. The van der Waals surface area contributed by atoms with E-state index >= 15 is 0 Å². The number of barbiturate groups is 1. The Morgan fingerprint density at radius 3 is 2.56 bits per heavy atom. The molecule has 1 saturated heterocycles. The van der Waals surface area contributed by atoms with E-state index in [9.17, 15) is 19.2 Å². The highest BCUT2D eigenvalue weighted by atomic mass is 16.7. The molecule has 2 aromatic carbocycles. The van der Waals surface area contributed by atoms with E-state index in [1.165, 1.54) is 20.1 Å². The molecule has 0 atom stereocenters. The van der Waals surface area contributed by atoms with E-state index in [2.05, 4.69) is 5.32 Å². The van der Waals surface area contributed by atoms with Crippen LogP contribution in [-0.4, -0.2) is 56.1 Å². The van der Waals surface area contributed by atoms with Crippen molar-refractivity contribution >= 4 is 35.5 Å². The van der Waals surface area contributed by atoms with Gasteiger partial charge in [-0.3, -0.25) is 19.7 Å². The molecule has 0 saturated carbocycles. The second-order valence-electron chi connectivity index (χ2n) is 8.38. The average Bonchev–Trinajstić information content (AvgIpc) is 3.33. The summed E-state index contributed by atoms with van der Waals surface area (Å²) in [5.74, 6) is -0.596. The van der Waals surface area contributed by atoms with Gasteiger partial charge in [-0.2, -0.15) is 0 Å². The Hall–Kier alpha value is -4.34. The first-order valence-electron chi connectivity index (χ1n) is 11.5. The monoisotopic (exact) mass is 493 g/mol. The fourth-order valence-electron chi connectivity index (χ4n) is 4.01. The number of benzene rings is 2. The van der Waals surface area contributed by atoms with Gasteiger partial charge in [-0.15, -0.1) is 0 Å². The first-order valence-corrected chi connectivity index (χ1v) is 11.5. The summed E-state index contributed by atoms with van der Waals surface area (Å²) in [6.07, 6.45) is 2.58. The number of urea groups is 1. The lowest BCUT2D eigenvalue weighted by Crippen LogP contribution is -2.54. The summed E-state index contributed by atoms with van der Waals surface area (Å²) in [5.41, 5.74) is 2.24. The second kappa shape index (κ2) is 10.1. The van der Waals surface area contributed by atoms with Crippen LogP contribution in [0.3, 0.4) is 0 Å². The van der Waals surface area contributed by atoms with Crippen LogP contribution in [0.25, 0.3) is 6.08 Å². The van der Waals surface area contributed by atoms with Crippen molar-refractivity contribution < 1.29 is 33.4 Å². The largest absolute Gasteiger partial charge is 0.492 e. The van der Waals surface area contributed by atoms with E-state index in [1.54, 1.807) is 30.1 Å². The zero-order chi connectivity index (χ0) is 26.0. The Balaban J connectivity index is 1.79. The minimum Gasteiger partial charge on any atom is -0.492 e.